The van der Waals surface area contributed by atoms with E-state index in [4.69, 9.17) is 28.5 Å². The third-order valence-corrected chi connectivity index (χ3v) is 4.25. The van der Waals surface area contributed by atoms with E-state index in [1.54, 1.807) is 54.6 Å². The molecular weight excluding hydrogens is 371 g/mol. The van der Waals surface area contributed by atoms with E-state index in [9.17, 15) is 4.79 Å². The van der Waals surface area contributed by atoms with E-state index in [0.717, 1.165) is 0 Å². The highest BCUT2D eigenvalue weighted by Crippen LogP contribution is 2.26. The molecule has 5 nitrogen and oxygen atoms in total. The Morgan fingerprint density at radius 1 is 1.04 bits per heavy atom. The maximum Gasteiger partial charge on any atom is 0.255 e. The zero-order valence-corrected chi connectivity index (χ0v) is 14.8. The number of anilines is 3. The third-order valence-electron chi connectivity index (χ3n) is 3.51. The fourth-order valence-corrected chi connectivity index (χ4v) is 2.54. The van der Waals surface area contributed by atoms with Gasteiger partial charge in [0.2, 0.25) is 0 Å². The summed E-state index contributed by atoms with van der Waals surface area (Å²) in [6.45, 7) is 0. The van der Waals surface area contributed by atoms with Gasteiger partial charge < -0.3 is 10.6 Å². The van der Waals surface area contributed by atoms with Crippen LogP contribution in [0.15, 0.2) is 60.8 Å². The molecule has 0 saturated carbocycles. The monoisotopic (exact) mass is 382 g/mol. The van der Waals surface area contributed by atoms with Gasteiger partial charge in [0.15, 0.2) is 0 Å². The van der Waals surface area contributed by atoms with Crippen molar-refractivity contribution in [2.24, 2.45) is 0 Å². The molecule has 1 aromatic heterocycles. The van der Waals surface area contributed by atoms with Gasteiger partial charge in [-0.25, -0.2) is 4.98 Å². The second-order valence-corrected chi connectivity index (χ2v) is 6.11. The summed E-state index contributed by atoms with van der Waals surface area (Å²) in [4.78, 5) is 16.7. The summed E-state index contributed by atoms with van der Waals surface area (Å²) in [5.74, 6) is 0.136. The van der Waals surface area contributed by atoms with Crippen molar-refractivity contribution in [3.05, 3.63) is 82.0 Å². The van der Waals surface area contributed by atoms with Gasteiger partial charge in [-0.05, 0) is 42.5 Å². The minimum Gasteiger partial charge on any atom is -0.340 e. The molecule has 26 heavy (non-hydrogen) atoms. The minimum absolute atomic E-state index is 0.340. The number of halogens is 2. The predicted molar refractivity (Wildman–Crippen MR) is 103 cm³/mol. The van der Waals surface area contributed by atoms with Crippen molar-refractivity contribution in [3.8, 4) is 6.07 Å². The first kappa shape index (κ1) is 17.7. The average molecular weight is 383 g/mol. The lowest BCUT2D eigenvalue weighted by molar-refractivity contribution is 0.102. The van der Waals surface area contributed by atoms with E-state index in [0.29, 0.717) is 38.4 Å². The number of carbonyl (C=O) groups is 1. The SMILES string of the molecule is N#Cc1ccccc1NC(=O)c1ccnc(Nc2ccc(Cl)c(Cl)c2)c1. The van der Waals surface area contributed by atoms with Gasteiger partial charge in [0, 0.05) is 17.4 Å². The van der Waals surface area contributed by atoms with Crippen LogP contribution in [0.3, 0.4) is 0 Å². The van der Waals surface area contributed by atoms with Crippen LogP contribution in [0.1, 0.15) is 15.9 Å². The Morgan fingerprint density at radius 3 is 2.62 bits per heavy atom. The van der Waals surface area contributed by atoms with E-state index in [2.05, 4.69) is 15.6 Å². The van der Waals surface area contributed by atoms with Gasteiger partial charge in [0.25, 0.3) is 5.91 Å². The molecule has 3 aromatic rings. The zero-order valence-electron chi connectivity index (χ0n) is 13.3. The van der Waals surface area contributed by atoms with Crippen molar-refractivity contribution >= 4 is 46.3 Å². The van der Waals surface area contributed by atoms with Crippen molar-refractivity contribution in [2.45, 2.75) is 0 Å². The molecule has 0 aliphatic carbocycles. The summed E-state index contributed by atoms with van der Waals surface area (Å²) in [5.41, 5.74) is 1.94. The number of rotatable bonds is 4. The lowest BCUT2D eigenvalue weighted by atomic mass is 10.1. The molecule has 3 rings (SSSR count). The molecule has 0 saturated heterocycles. The van der Waals surface area contributed by atoms with E-state index < -0.39 is 0 Å². The topological polar surface area (TPSA) is 77.8 Å². The van der Waals surface area contributed by atoms with Crippen molar-refractivity contribution in [1.82, 2.24) is 4.98 Å². The standard InChI is InChI=1S/C19H12Cl2N4O/c20-15-6-5-14(10-16(15)21)24-18-9-12(7-8-23-18)19(26)25-17-4-2-1-3-13(17)11-22/h1-10H,(H,23,24)(H,25,26). The van der Waals surface area contributed by atoms with Gasteiger partial charge in [-0.2, -0.15) is 5.26 Å². The summed E-state index contributed by atoms with van der Waals surface area (Å²) in [6.07, 6.45) is 1.52. The fourth-order valence-electron chi connectivity index (χ4n) is 2.25. The Kier molecular flexibility index (Phi) is 5.37. The molecule has 128 valence electrons. The quantitative estimate of drug-likeness (QED) is 0.645. The second kappa shape index (κ2) is 7.87. The third kappa shape index (κ3) is 4.12. The maximum absolute atomic E-state index is 12.5. The molecule has 0 spiro atoms. The number of hydrogen-bond donors (Lipinski definition) is 2. The van der Waals surface area contributed by atoms with Crippen molar-refractivity contribution in [3.63, 3.8) is 0 Å². The van der Waals surface area contributed by atoms with E-state index in [-0.39, 0.29) is 5.91 Å². The number of amides is 1. The molecule has 2 aromatic carbocycles. The molecule has 7 heteroatoms. The van der Waals surface area contributed by atoms with Crippen LogP contribution in [0.4, 0.5) is 17.2 Å². The summed E-state index contributed by atoms with van der Waals surface area (Å²) < 4.78 is 0. The van der Waals surface area contributed by atoms with Crippen LogP contribution in [0.5, 0.6) is 0 Å². The van der Waals surface area contributed by atoms with Gasteiger partial charge in [0.05, 0.1) is 21.3 Å². The van der Waals surface area contributed by atoms with Gasteiger partial charge in [-0.15, -0.1) is 0 Å². The Labute approximate surface area is 160 Å². The normalized spacial score (nSPS) is 10.0. The number of nitriles is 1. The van der Waals surface area contributed by atoms with E-state index >= 15 is 0 Å². The fraction of sp³-hybridized carbons (Fsp3) is 0. The summed E-state index contributed by atoms with van der Waals surface area (Å²) >= 11 is 11.9. The molecule has 0 aliphatic heterocycles. The Balaban J connectivity index is 1.79. The highest BCUT2D eigenvalue weighted by molar-refractivity contribution is 6.42. The van der Waals surface area contributed by atoms with Crippen molar-refractivity contribution < 1.29 is 4.79 Å². The van der Waals surface area contributed by atoms with Crippen LogP contribution in [-0.2, 0) is 0 Å². The van der Waals surface area contributed by atoms with Gasteiger partial charge >= 0.3 is 0 Å². The predicted octanol–water partition coefficient (Wildman–Crippen LogP) is 5.26. The van der Waals surface area contributed by atoms with Crippen LogP contribution < -0.4 is 10.6 Å². The molecule has 0 bridgehead atoms. The number of carbonyl (C=O) groups excluding carboxylic acids is 1. The first-order valence-electron chi connectivity index (χ1n) is 7.55. The van der Waals surface area contributed by atoms with Crippen LogP contribution in [-0.4, -0.2) is 10.9 Å². The number of nitrogens with one attached hydrogen (secondary N) is 2. The van der Waals surface area contributed by atoms with Gasteiger partial charge in [-0.1, -0.05) is 35.3 Å². The Morgan fingerprint density at radius 2 is 1.85 bits per heavy atom. The molecule has 0 radical (unpaired) electrons. The largest absolute Gasteiger partial charge is 0.340 e. The first-order chi connectivity index (χ1) is 12.6. The maximum atomic E-state index is 12.5. The van der Waals surface area contributed by atoms with Crippen molar-refractivity contribution in [2.75, 3.05) is 10.6 Å². The molecule has 0 unspecified atom stereocenters. The van der Waals surface area contributed by atoms with Crippen LogP contribution in [0, 0.1) is 11.3 Å². The summed E-state index contributed by atoms with van der Waals surface area (Å²) in [7, 11) is 0. The van der Waals surface area contributed by atoms with E-state index in [1.807, 2.05) is 6.07 Å². The summed E-state index contributed by atoms with van der Waals surface area (Å²) in [5, 5.41) is 15.8. The first-order valence-corrected chi connectivity index (χ1v) is 8.31. The lowest BCUT2D eigenvalue weighted by Crippen LogP contribution is -2.13. The Hall–Kier alpha value is -3.07. The van der Waals surface area contributed by atoms with E-state index in [1.165, 1.54) is 6.20 Å². The molecule has 0 fully saturated rings. The molecular formula is C19H12Cl2N4O. The van der Waals surface area contributed by atoms with Crippen molar-refractivity contribution in [1.29, 1.82) is 5.26 Å². The molecule has 0 atom stereocenters. The van der Waals surface area contributed by atoms with Gasteiger partial charge in [0.1, 0.15) is 11.9 Å². The number of benzene rings is 2. The number of aromatic nitrogens is 1. The summed E-state index contributed by atoms with van der Waals surface area (Å²) in [6, 6.07) is 17.1. The lowest BCUT2D eigenvalue weighted by Gasteiger charge is -2.09. The van der Waals surface area contributed by atoms with Crippen LogP contribution in [0.25, 0.3) is 0 Å². The minimum atomic E-state index is -0.340. The average Bonchev–Trinajstić information content (AvgIpc) is 2.65. The number of hydrogen-bond acceptors (Lipinski definition) is 4. The number of nitrogens with zero attached hydrogens (tertiary/aromatic N) is 2. The number of pyridine rings is 1. The molecule has 1 heterocycles. The second-order valence-electron chi connectivity index (χ2n) is 5.30. The smallest absolute Gasteiger partial charge is 0.255 e. The van der Waals surface area contributed by atoms with Crippen LogP contribution >= 0.6 is 23.2 Å². The Bertz CT molecular complexity index is 1010. The highest BCUT2D eigenvalue weighted by atomic mass is 35.5. The molecule has 1 amide bonds. The van der Waals surface area contributed by atoms with Crippen LogP contribution in [0.2, 0.25) is 10.0 Å². The molecule has 0 aliphatic rings. The number of para-hydroxylation sites is 1. The zero-order chi connectivity index (χ0) is 18.5. The molecule has 2 N–H and O–H groups in total. The highest BCUT2D eigenvalue weighted by Gasteiger charge is 2.10. The van der Waals surface area contributed by atoms with Gasteiger partial charge in [-0.3, -0.25) is 4.79 Å².